The van der Waals surface area contributed by atoms with E-state index in [4.69, 9.17) is 9.15 Å². The van der Waals surface area contributed by atoms with Crippen LogP contribution in [-0.4, -0.2) is 27.5 Å². The highest BCUT2D eigenvalue weighted by Crippen LogP contribution is 2.26. The quantitative estimate of drug-likeness (QED) is 0.321. The second kappa shape index (κ2) is 8.35. The summed E-state index contributed by atoms with van der Waals surface area (Å²) in [6.07, 6.45) is 3.26. The molecule has 0 atom stereocenters. The molecule has 3 aromatic heterocycles. The van der Waals surface area contributed by atoms with E-state index in [0.717, 1.165) is 15.6 Å². The minimum Gasteiger partial charge on any atom is -0.462 e. The molecule has 0 radical (unpaired) electrons. The molecule has 0 bridgehead atoms. The second-order valence-electron chi connectivity index (χ2n) is 6.28. The average molecular weight is 463 g/mol. The third-order valence-corrected chi connectivity index (χ3v) is 4.71. The lowest BCUT2D eigenvalue weighted by Crippen LogP contribution is -2.03. The number of halogens is 1. The van der Waals surface area contributed by atoms with Gasteiger partial charge in [-0.1, -0.05) is 12.1 Å². The van der Waals surface area contributed by atoms with E-state index < -0.39 is 0 Å². The van der Waals surface area contributed by atoms with E-state index in [1.165, 1.54) is 0 Å². The summed E-state index contributed by atoms with van der Waals surface area (Å²) in [6.45, 7) is 2.09. The van der Waals surface area contributed by atoms with Crippen LogP contribution in [0, 0.1) is 11.3 Å². The molecule has 0 unspecified atom stereocenters. The number of nitriles is 1. The Bertz CT molecular complexity index is 1300. The lowest BCUT2D eigenvalue weighted by Gasteiger charge is -2.02. The molecular formula is C22H15BrN4O3. The van der Waals surface area contributed by atoms with E-state index in [0.29, 0.717) is 40.7 Å². The number of aromatic nitrogens is 3. The average Bonchev–Trinajstić information content (AvgIpc) is 3.39. The summed E-state index contributed by atoms with van der Waals surface area (Å²) in [6, 6.07) is 14.5. The van der Waals surface area contributed by atoms with Crippen LogP contribution in [0.4, 0.5) is 0 Å². The maximum atomic E-state index is 11.8. The maximum Gasteiger partial charge on any atom is 0.338 e. The van der Waals surface area contributed by atoms with Gasteiger partial charge in [-0.25, -0.2) is 14.8 Å². The number of allylic oxidation sites excluding steroid dienone is 1. The number of hydrogen-bond acceptors (Lipinski definition) is 6. The zero-order chi connectivity index (χ0) is 21.1. The fourth-order valence-electron chi connectivity index (χ4n) is 2.87. The molecule has 0 aliphatic carbocycles. The van der Waals surface area contributed by atoms with Crippen LogP contribution in [0.15, 0.2) is 57.6 Å². The van der Waals surface area contributed by atoms with Crippen LogP contribution in [0.25, 0.3) is 34.1 Å². The molecule has 0 aliphatic rings. The Balaban J connectivity index is 1.60. The monoisotopic (exact) mass is 462 g/mol. The van der Waals surface area contributed by atoms with Gasteiger partial charge in [-0.3, -0.25) is 0 Å². The molecule has 0 saturated heterocycles. The van der Waals surface area contributed by atoms with Crippen LogP contribution in [0.3, 0.4) is 0 Å². The lowest BCUT2D eigenvalue weighted by molar-refractivity contribution is 0.0526. The number of hydrogen-bond donors (Lipinski definition) is 1. The fraction of sp³-hybridized carbons (Fsp3) is 0.0909. The van der Waals surface area contributed by atoms with Gasteiger partial charge in [-0.2, -0.15) is 5.26 Å². The second-order valence-corrected chi connectivity index (χ2v) is 7.20. The molecule has 0 spiro atoms. The molecule has 0 saturated carbocycles. The van der Waals surface area contributed by atoms with E-state index >= 15 is 0 Å². The topological polar surface area (TPSA) is 105 Å². The Kier molecular flexibility index (Phi) is 5.46. The number of esters is 1. The first kappa shape index (κ1) is 19.6. The summed E-state index contributed by atoms with van der Waals surface area (Å²) in [5.74, 6) is 1.17. The molecule has 8 heteroatoms. The predicted octanol–water partition coefficient (Wildman–Crippen LogP) is 5.22. The number of aromatic amines is 1. The van der Waals surface area contributed by atoms with Crippen molar-refractivity contribution in [3.8, 4) is 17.4 Å². The highest BCUT2D eigenvalue weighted by molar-refractivity contribution is 9.10. The van der Waals surface area contributed by atoms with Gasteiger partial charge in [0.15, 0.2) is 11.5 Å². The summed E-state index contributed by atoms with van der Waals surface area (Å²) < 4.78 is 11.7. The number of rotatable bonds is 5. The third kappa shape index (κ3) is 4.02. The number of furan rings is 1. The summed E-state index contributed by atoms with van der Waals surface area (Å²) >= 11 is 3.36. The normalized spacial score (nSPS) is 11.4. The lowest BCUT2D eigenvalue weighted by atomic mass is 10.1. The Labute approximate surface area is 180 Å². The predicted molar refractivity (Wildman–Crippen MR) is 115 cm³/mol. The van der Waals surface area contributed by atoms with Gasteiger partial charge in [0.05, 0.1) is 23.3 Å². The van der Waals surface area contributed by atoms with Gasteiger partial charge in [0.2, 0.25) is 0 Å². The van der Waals surface area contributed by atoms with Crippen molar-refractivity contribution in [1.82, 2.24) is 15.0 Å². The summed E-state index contributed by atoms with van der Waals surface area (Å²) in [7, 11) is 0. The molecule has 1 N–H and O–H groups in total. The van der Waals surface area contributed by atoms with Crippen molar-refractivity contribution in [3.63, 3.8) is 0 Å². The number of pyridine rings is 1. The molecule has 0 fully saturated rings. The molecule has 30 heavy (non-hydrogen) atoms. The van der Waals surface area contributed by atoms with Gasteiger partial charge < -0.3 is 14.1 Å². The highest BCUT2D eigenvalue weighted by atomic mass is 79.9. The van der Waals surface area contributed by atoms with Gasteiger partial charge in [0, 0.05) is 22.3 Å². The first-order valence-electron chi connectivity index (χ1n) is 9.08. The van der Waals surface area contributed by atoms with E-state index in [1.54, 1.807) is 55.6 Å². The third-order valence-electron chi connectivity index (χ3n) is 4.27. The Morgan fingerprint density at radius 3 is 2.83 bits per heavy atom. The largest absolute Gasteiger partial charge is 0.462 e. The van der Waals surface area contributed by atoms with Gasteiger partial charge in [0.25, 0.3) is 0 Å². The smallest absolute Gasteiger partial charge is 0.338 e. The van der Waals surface area contributed by atoms with Crippen molar-refractivity contribution in [2.75, 3.05) is 6.61 Å². The van der Waals surface area contributed by atoms with Gasteiger partial charge in [-0.05, 0) is 53.2 Å². The number of imidazole rings is 1. The number of H-pyrrole nitrogens is 1. The number of carbonyl (C=O) groups excluding carboxylic acids is 1. The molecule has 1 aromatic carbocycles. The molecule has 7 nitrogen and oxygen atoms in total. The number of carbonyl (C=O) groups is 1. The van der Waals surface area contributed by atoms with E-state index in [9.17, 15) is 10.1 Å². The van der Waals surface area contributed by atoms with Gasteiger partial charge in [0.1, 0.15) is 17.6 Å². The van der Waals surface area contributed by atoms with Crippen molar-refractivity contribution in [2.24, 2.45) is 0 Å². The highest BCUT2D eigenvalue weighted by Gasteiger charge is 2.12. The first-order valence-corrected chi connectivity index (χ1v) is 9.87. The number of nitrogens with zero attached hydrogens (tertiary/aromatic N) is 3. The minimum atomic E-state index is -0.363. The number of ether oxygens (including phenoxy) is 1. The summed E-state index contributed by atoms with van der Waals surface area (Å²) in [4.78, 5) is 23.4. The first-order chi connectivity index (χ1) is 14.6. The molecule has 4 aromatic rings. The van der Waals surface area contributed by atoms with Crippen LogP contribution < -0.4 is 0 Å². The van der Waals surface area contributed by atoms with Crippen molar-refractivity contribution >= 4 is 44.7 Å². The van der Waals surface area contributed by atoms with Gasteiger partial charge in [-0.15, -0.1) is 0 Å². The fourth-order valence-corrected chi connectivity index (χ4v) is 3.20. The van der Waals surface area contributed by atoms with Crippen LogP contribution in [-0.2, 0) is 4.74 Å². The van der Waals surface area contributed by atoms with Crippen molar-refractivity contribution < 1.29 is 13.9 Å². The van der Waals surface area contributed by atoms with Crippen LogP contribution in [0.2, 0.25) is 0 Å². The van der Waals surface area contributed by atoms with Crippen LogP contribution in [0.5, 0.6) is 0 Å². The Morgan fingerprint density at radius 2 is 2.10 bits per heavy atom. The van der Waals surface area contributed by atoms with E-state index in [-0.39, 0.29) is 5.97 Å². The number of benzene rings is 1. The molecule has 148 valence electrons. The van der Waals surface area contributed by atoms with Crippen molar-refractivity contribution in [1.29, 1.82) is 5.26 Å². The molecule has 4 rings (SSSR count). The van der Waals surface area contributed by atoms with Crippen LogP contribution in [0.1, 0.15) is 28.9 Å². The van der Waals surface area contributed by atoms with Gasteiger partial charge >= 0.3 is 5.97 Å². The minimum absolute atomic E-state index is 0.322. The van der Waals surface area contributed by atoms with E-state index in [2.05, 4.69) is 37.0 Å². The Morgan fingerprint density at radius 1 is 1.30 bits per heavy atom. The Hall–Kier alpha value is -3.70. The summed E-state index contributed by atoms with van der Waals surface area (Å²) in [5, 5.41) is 9.58. The maximum absolute atomic E-state index is 11.8. The van der Waals surface area contributed by atoms with Crippen molar-refractivity contribution in [2.45, 2.75) is 6.92 Å². The van der Waals surface area contributed by atoms with E-state index in [1.807, 2.05) is 6.07 Å². The molecular weight excluding hydrogens is 448 g/mol. The SMILES string of the molecule is CCOC(=O)c1ccc(-c2ccc(/C=C(\C#N)c3nc4ncc(Br)cc4[nH]3)o2)cc1. The number of nitrogens with one attached hydrogen (secondary N) is 1. The summed E-state index contributed by atoms with van der Waals surface area (Å²) in [5.41, 5.74) is 2.85. The zero-order valence-electron chi connectivity index (χ0n) is 15.8. The standard InChI is InChI=1S/C22H15BrN4O3/c1-2-29-22(28)14-5-3-13(4-6-14)19-8-7-17(30-19)9-15(11-24)20-26-18-10-16(23)12-25-21(18)27-20/h3-10,12H,2H2,1H3,(H,25,26,27)/b15-9+. The molecule has 3 heterocycles. The number of fused-ring (bicyclic) bond motifs is 1. The zero-order valence-corrected chi connectivity index (χ0v) is 17.4. The van der Waals surface area contributed by atoms with Crippen LogP contribution >= 0.6 is 15.9 Å². The van der Waals surface area contributed by atoms with Crippen molar-refractivity contribution in [3.05, 3.63) is 70.3 Å². The molecule has 0 amide bonds. The molecule has 0 aliphatic heterocycles.